The van der Waals surface area contributed by atoms with Crippen molar-refractivity contribution in [1.29, 1.82) is 0 Å². The Bertz CT molecular complexity index is 2000. The highest BCUT2D eigenvalue weighted by molar-refractivity contribution is 6.26. The molecular weight excluding hydrogens is 434 g/mol. The molecule has 0 fully saturated rings. The number of aromatic nitrogens is 1. The van der Waals surface area contributed by atoms with Crippen molar-refractivity contribution >= 4 is 43.4 Å². The number of benzene rings is 6. The van der Waals surface area contributed by atoms with Crippen LogP contribution in [0.5, 0.6) is 0 Å². The lowest BCUT2D eigenvalue weighted by atomic mass is 9.68. The Labute approximate surface area is 210 Å². The minimum absolute atomic E-state index is 0.0624. The molecule has 0 radical (unpaired) electrons. The van der Waals surface area contributed by atoms with Crippen LogP contribution in [-0.2, 0) is 5.41 Å². The first-order valence-corrected chi connectivity index (χ1v) is 12.7. The fourth-order valence-corrected chi connectivity index (χ4v) is 6.72. The monoisotopic (exact) mass is 459 g/mol. The van der Waals surface area contributed by atoms with Crippen molar-refractivity contribution in [2.24, 2.45) is 0 Å². The Morgan fingerprint density at radius 2 is 1.25 bits per heavy atom. The summed E-state index contributed by atoms with van der Waals surface area (Å²) < 4.78 is 2.52. The average molecular weight is 460 g/mol. The molecule has 0 spiro atoms. The van der Waals surface area contributed by atoms with Gasteiger partial charge in [-0.2, -0.15) is 0 Å². The van der Waals surface area contributed by atoms with E-state index in [9.17, 15) is 0 Å². The first-order chi connectivity index (χ1) is 17.6. The van der Waals surface area contributed by atoms with Gasteiger partial charge in [0.2, 0.25) is 0 Å². The zero-order chi connectivity index (χ0) is 24.0. The van der Waals surface area contributed by atoms with E-state index in [1.165, 1.54) is 71.3 Å². The van der Waals surface area contributed by atoms with E-state index in [0.717, 1.165) is 0 Å². The van der Waals surface area contributed by atoms with Crippen molar-refractivity contribution in [3.63, 3.8) is 0 Å². The van der Waals surface area contributed by atoms with E-state index in [1.807, 2.05) is 0 Å². The molecule has 1 aromatic heterocycles. The average Bonchev–Trinajstić information content (AvgIpc) is 3.26. The number of hydrogen-bond donors (Lipinski definition) is 0. The lowest BCUT2D eigenvalue weighted by Gasteiger charge is -2.35. The molecule has 0 saturated heterocycles. The second kappa shape index (κ2) is 6.86. The van der Waals surface area contributed by atoms with Crippen LogP contribution in [0.25, 0.3) is 60.2 Å². The van der Waals surface area contributed by atoms with Crippen molar-refractivity contribution in [1.82, 2.24) is 4.57 Å². The number of fused-ring (bicyclic) bond motifs is 8. The molecule has 1 heterocycles. The van der Waals surface area contributed by atoms with Gasteiger partial charge in [-0.1, -0.05) is 111 Å². The van der Waals surface area contributed by atoms with Crippen molar-refractivity contribution in [2.75, 3.05) is 0 Å². The van der Waals surface area contributed by atoms with Crippen LogP contribution in [-0.4, -0.2) is 4.57 Å². The third-order valence-electron chi connectivity index (χ3n) is 8.33. The highest BCUT2D eigenvalue weighted by Gasteiger charge is 2.35. The fourth-order valence-electron chi connectivity index (χ4n) is 6.72. The summed E-state index contributed by atoms with van der Waals surface area (Å²) in [5.41, 5.74) is 9.23. The molecular formula is C35H25N. The molecule has 0 N–H and O–H groups in total. The van der Waals surface area contributed by atoms with Crippen LogP contribution in [0.3, 0.4) is 0 Å². The summed E-state index contributed by atoms with van der Waals surface area (Å²) in [7, 11) is 0. The van der Waals surface area contributed by atoms with Gasteiger partial charge in [-0.15, -0.1) is 0 Å². The van der Waals surface area contributed by atoms with E-state index in [-0.39, 0.29) is 5.41 Å². The van der Waals surface area contributed by atoms with Crippen molar-refractivity contribution < 1.29 is 0 Å². The van der Waals surface area contributed by atoms with Crippen LogP contribution in [0.15, 0.2) is 115 Å². The topological polar surface area (TPSA) is 4.93 Å². The third-order valence-corrected chi connectivity index (χ3v) is 8.33. The summed E-state index contributed by atoms with van der Waals surface area (Å²) in [4.78, 5) is 0. The molecule has 0 atom stereocenters. The van der Waals surface area contributed by atoms with Gasteiger partial charge in [-0.25, -0.2) is 0 Å². The lowest BCUT2D eigenvalue weighted by molar-refractivity contribution is 0.645. The molecule has 0 unspecified atom stereocenters. The van der Waals surface area contributed by atoms with Gasteiger partial charge < -0.3 is 4.57 Å². The van der Waals surface area contributed by atoms with E-state index >= 15 is 0 Å². The Hall–Kier alpha value is -4.36. The van der Waals surface area contributed by atoms with E-state index in [4.69, 9.17) is 0 Å². The normalized spacial score (nSPS) is 14.1. The Morgan fingerprint density at radius 3 is 2.14 bits per heavy atom. The highest BCUT2D eigenvalue weighted by atomic mass is 15.0. The van der Waals surface area contributed by atoms with Crippen molar-refractivity contribution in [3.8, 4) is 16.8 Å². The second-order valence-corrected chi connectivity index (χ2v) is 10.6. The lowest BCUT2D eigenvalue weighted by Crippen LogP contribution is -2.23. The fraction of sp³-hybridized carbons (Fsp3) is 0.0857. The Kier molecular flexibility index (Phi) is 3.79. The number of hydrogen-bond acceptors (Lipinski definition) is 0. The van der Waals surface area contributed by atoms with Gasteiger partial charge in [0.1, 0.15) is 0 Å². The number of nitrogens with zero attached hydrogens (tertiary/aromatic N) is 1. The summed E-state index contributed by atoms with van der Waals surface area (Å²) in [6.07, 6.45) is 0. The maximum Gasteiger partial charge on any atom is 0.0626 e. The van der Waals surface area contributed by atoms with Gasteiger partial charge >= 0.3 is 0 Å². The van der Waals surface area contributed by atoms with Gasteiger partial charge in [0.05, 0.1) is 11.0 Å². The van der Waals surface area contributed by atoms with Gasteiger partial charge in [-0.05, 0) is 51.0 Å². The van der Waals surface area contributed by atoms with Crippen LogP contribution in [0, 0.1) is 0 Å². The number of rotatable bonds is 1. The smallest absolute Gasteiger partial charge is 0.0626 e. The molecule has 1 aliphatic carbocycles. The highest BCUT2D eigenvalue weighted by Crippen LogP contribution is 2.53. The minimum Gasteiger partial charge on any atom is -0.308 e. The summed E-state index contributed by atoms with van der Waals surface area (Å²) in [6.45, 7) is 4.74. The molecule has 170 valence electrons. The summed E-state index contributed by atoms with van der Waals surface area (Å²) >= 11 is 0. The van der Waals surface area contributed by atoms with Gasteiger partial charge in [0.25, 0.3) is 0 Å². The third kappa shape index (κ3) is 2.40. The van der Waals surface area contributed by atoms with Crippen LogP contribution in [0.2, 0.25) is 0 Å². The van der Waals surface area contributed by atoms with Gasteiger partial charge in [0.15, 0.2) is 0 Å². The van der Waals surface area contributed by atoms with Crippen molar-refractivity contribution in [3.05, 3.63) is 126 Å². The van der Waals surface area contributed by atoms with Crippen LogP contribution in [0.4, 0.5) is 0 Å². The molecule has 0 bridgehead atoms. The summed E-state index contributed by atoms with van der Waals surface area (Å²) in [5.74, 6) is 0. The maximum absolute atomic E-state index is 2.52. The zero-order valence-electron chi connectivity index (χ0n) is 20.4. The van der Waals surface area contributed by atoms with Gasteiger partial charge in [-0.3, -0.25) is 0 Å². The molecule has 6 aromatic carbocycles. The molecule has 0 amide bonds. The van der Waals surface area contributed by atoms with E-state index < -0.39 is 0 Å². The Balaban J connectivity index is 1.73. The maximum atomic E-state index is 2.52. The quantitative estimate of drug-likeness (QED) is 0.230. The van der Waals surface area contributed by atoms with E-state index in [0.29, 0.717) is 0 Å². The van der Waals surface area contributed by atoms with E-state index in [2.05, 4.69) is 134 Å². The largest absolute Gasteiger partial charge is 0.308 e. The predicted molar refractivity (Wildman–Crippen MR) is 153 cm³/mol. The SMILES string of the molecule is CC1(C)c2ccccc2-c2c3c1cccc3cc1c3ccc4ccccc4c3n(-c3ccccc3)c21. The molecule has 36 heavy (non-hydrogen) atoms. The molecule has 7 aromatic rings. The molecule has 0 aliphatic heterocycles. The molecule has 8 rings (SSSR count). The van der Waals surface area contributed by atoms with Crippen LogP contribution in [0.1, 0.15) is 25.0 Å². The van der Waals surface area contributed by atoms with Crippen molar-refractivity contribution in [2.45, 2.75) is 19.3 Å². The predicted octanol–water partition coefficient (Wildman–Crippen LogP) is 9.40. The zero-order valence-corrected chi connectivity index (χ0v) is 20.4. The first kappa shape index (κ1) is 19.9. The molecule has 1 nitrogen and oxygen atoms in total. The molecule has 1 heteroatoms. The molecule has 0 saturated carbocycles. The van der Waals surface area contributed by atoms with Crippen LogP contribution >= 0.6 is 0 Å². The van der Waals surface area contributed by atoms with E-state index in [1.54, 1.807) is 0 Å². The summed E-state index contributed by atoms with van der Waals surface area (Å²) in [5, 5.41) is 7.88. The molecule has 1 aliphatic rings. The number of para-hydroxylation sites is 1. The second-order valence-electron chi connectivity index (χ2n) is 10.6. The standard InChI is InChI=1S/C35H25N/c1-35(2)29-17-9-8-16-27(29)32-31-23(12-10-18-30(31)35)21-28-26-20-19-22-11-6-7-15-25(22)33(26)36(34(28)32)24-13-4-3-5-14-24/h3-21H,1-2H3. The van der Waals surface area contributed by atoms with Crippen LogP contribution < -0.4 is 0 Å². The minimum atomic E-state index is -0.0624. The first-order valence-electron chi connectivity index (χ1n) is 12.7. The Morgan fingerprint density at radius 1 is 0.528 bits per heavy atom. The summed E-state index contributed by atoms with van der Waals surface area (Å²) in [6, 6.07) is 42.5. The van der Waals surface area contributed by atoms with Gasteiger partial charge in [0, 0.05) is 32.8 Å².